The third-order valence-electron chi connectivity index (χ3n) is 4.87. The third-order valence-corrected chi connectivity index (χ3v) is 4.87. The number of anilines is 1. The summed E-state index contributed by atoms with van der Waals surface area (Å²) in [6, 6.07) is 17.3. The van der Waals surface area contributed by atoms with Crippen molar-refractivity contribution in [1.29, 1.82) is 0 Å². The van der Waals surface area contributed by atoms with E-state index in [0.717, 1.165) is 33.7 Å². The van der Waals surface area contributed by atoms with Crippen LogP contribution in [0.2, 0.25) is 0 Å². The fraction of sp³-hybridized carbons (Fsp3) is 0.174. The van der Waals surface area contributed by atoms with Crippen molar-refractivity contribution in [3.63, 3.8) is 0 Å². The molecule has 4 aromatic rings. The Balaban J connectivity index is 1.53. The monoisotopic (exact) mass is 401 g/mol. The van der Waals surface area contributed by atoms with Crippen LogP contribution in [0.15, 0.2) is 59.7 Å². The molecule has 0 aliphatic carbocycles. The molecule has 2 heterocycles. The summed E-state index contributed by atoms with van der Waals surface area (Å²) in [5.74, 6) is 0.283. The highest BCUT2D eigenvalue weighted by atomic mass is 16.5. The van der Waals surface area contributed by atoms with Gasteiger partial charge in [0, 0.05) is 22.6 Å². The van der Waals surface area contributed by atoms with Crippen LogP contribution in [-0.2, 0) is 4.74 Å². The molecule has 2 N–H and O–H groups in total. The van der Waals surface area contributed by atoms with Gasteiger partial charge in [-0.1, -0.05) is 12.1 Å². The first-order valence-electron chi connectivity index (χ1n) is 9.77. The van der Waals surface area contributed by atoms with Gasteiger partial charge in [-0.15, -0.1) is 0 Å². The molecule has 4 rings (SSSR count). The number of aromatic amines is 1. The number of carbonyl (C=O) groups is 1. The van der Waals surface area contributed by atoms with E-state index in [2.05, 4.69) is 31.1 Å². The number of aryl methyl sites for hydroxylation is 1. The summed E-state index contributed by atoms with van der Waals surface area (Å²) in [4.78, 5) is 19.5. The Labute approximate surface area is 174 Å². The smallest absolute Gasteiger partial charge is 0.338 e. The van der Waals surface area contributed by atoms with Crippen molar-refractivity contribution < 1.29 is 9.53 Å². The van der Waals surface area contributed by atoms with Gasteiger partial charge < -0.3 is 14.3 Å². The predicted octanol–water partition coefficient (Wildman–Crippen LogP) is 4.59. The van der Waals surface area contributed by atoms with Crippen LogP contribution in [0.25, 0.3) is 16.7 Å². The van der Waals surface area contributed by atoms with E-state index in [4.69, 9.17) is 4.74 Å². The molecule has 0 fully saturated rings. The zero-order chi connectivity index (χ0) is 21.1. The van der Waals surface area contributed by atoms with E-state index in [1.54, 1.807) is 25.3 Å². The summed E-state index contributed by atoms with van der Waals surface area (Å²) >= 11 is 0. The number of carbonyl (C=O) groups excluding carboxylic acids is 1. The fourth-order valence-electron chi connectivity index (χ4n) is 3.45. The van der Waals surface area contributed by atoms with E-state index in [9.17, 15) is 4.79 Å². The number of fused-ring (bicyclic) bond motifs is 1. The molecule has 0 saturated carbocycles. The van der Waals surface area contributed by atoms with Gasteiger partial charge in [0.1, 0.15) is 0 Å². The molecule has 0 radical (unpaired) electrons. The number of hydrazone groups is 1. The minimum absolute atomic E-state index is 0.311. The molecule has 0 amide bonds. The highest BCUT2D eigenvalue weighted by Crippen LogP contribution is 2.21. The van der Waals surface area contributed by atoms with Crippen LogP contribution in [-0.4, -0.2) is 33.3 Å². The molecule has 0 saturated heterocycles. The van der Waals surface area contributed by atoms with Crippen molar-refractivity contribution in [2.45, 2.75) is 20.8 Å². The number of rotatable bonds is 6. The van der Waals surface area contributed by atoms with Crippen LogP contribution >= 0.6 is 0 Å². The number of benzene rings is 2. The molecule has 7 heteroatoms. The minimum atomic E-state index is -0.311. The van der Waals surface area contributed by atoms with E-state index in [1.165, 1.54) is 0 Å². The third kappa shape index (κ3) is 3.82. The number of nitrogens with zero attached hydrogens (tertiary/aromatic N) is 3. The van der Waals surface area contributed by atoms with Gasteiger partial charge in [-0.05, 0) is 63.2 Å². The predicted molar refractivity (Wildman–Crippen MR) is 119 cm³/mol. The Hall–Kier alpha value is -3.87. The van der Waals surface area contributed by atoms with Crippen molar-refractivity contribution in [2.75, 3.05) is 12.0 Å². The lowest BCUT2D eigenvalue weighted by atomic mass is 10.2. The average molecular weight is 401 g/mol. The number of para-hydroxylation sites is 2. The largest absolute Gasteiger partial charge is 0.462 e. The second kappa shape index (κ2) is 8.24. The normalized spacial score (nSPS) is 11.3. The minimum Gasteiger partial charge on any atom is -0.462 e. The summed E-state index contributed by atoms with van der Waals surface area (Å²) in [6.07, 6.45) is 1.78. The molecule has 0 bridgehead atoms. The van der Waals surface area contributed by atoms with Crippen molar-refractivity contribution in [2.24, 2.45) is 5.10 Å². The second-order valence-corrected chi connectivity index (χ2v) is 6.90. The Morgan fingerprint density at radius 2 is 1.97 bits per heavy atom. The molecule has 0 unspecified atom stereocenters. The second-order valence-electron chi connectivity index (χ2n) is 6.90. The highest BCUT2D eigenvalue weighted by Gasteiger charge is 2.11. The van der Waals surface area contributed by atoms with Crippen molar-refractivity contribution in [1.82, 2.24) is 14.5 Å². The van der Waals surface area contributed by atoms with Gasteiger partial charge in [0.25, 0.3) is 0 Å². The lowest BCUT2D eigenvalue weighted by Gasteiger charge is -2.10. The van der Waals surface area contributed by atoms with Gasteiger partial charge in [-0.2, -0.15) is 5.10 Å². The molecule has 0 atom stereocenters. The van der Waals surface area contributed by atoms with Crippen molar-refractivity contribution in [3.05, 3.63) is 77.1 Å². The summed E-state index contributed by atoms with van der Waals surface area (Å²) < 4.78 is 7.17. The van der Waals surface area contributed by atoms with E-state index < -0.39 is 0 Å². The maximum Gasteiger partial charge on any atom is 0.338 e. The van der Waals surface area contributed by atoms with Crippen LogP contribution in [0.3, 0.4) is 0 Å². The SMILES string of the molecule is CCOC(=O)c1ccc(-n2c(C)cc(/C=N\Nc3nc4ccccc4[nH]3)c2C)cc1. The van der Waals surface area contributed by atoms with Crippen LogP contribution in [0.4, 0.5) is 5.95 Å². The number of hydrogen-bond acceptors (Lipinski definition) is 5. The van der Waals surface area contributed by atoms with Gasteiger partial charge in [-0.25, -0.2) is 15.2 Å². The van der Waals surface area contributed by atoms with Gasteiger partial charge in [0.2, 0.25) is 5.95 Å². The van der Waals surface area contributed by atoms with Gasteiger partial charge >= 0.3 is 5.97 Å². The highest BCUT2D eigenvalue weighted by molar-refractivity contribution is 5.89. The van der Waals surface area contributed by atoms with Crippen molar-refractivity contribution >= 4 is 29.2 Å². The first kappa shape index (κ1) is 19.4. The standard InChI is InChI=1S/C23H23N5O2/c1-4-30-22(29)17-9-11-19(12-10-17)28-15(2)13-18(16(28)3)14-24-27-23-25-20-7-5-6-8-21(20)26-23/h5-14H,4H2,1-3H3,(H2,25,26,27)/b24-14-. The van der Waals surface area contributed by atoms with Gasteiger partial charge in [0.05, 0.1) is 29.4 Å². The molecule has 0 spiro atoms. The molecule has 0 aliphatic rings. The van der Waals surface area contributed by atoms with Crippen LogP contribution in [0.5, 0.6) is 0 Å². The van der Waals surface area contributed by atoms with Gasteiger partial charge in [0.15, 0.2) is 0 Å². The van der Waals surface area contributed by atoms with E-state index >= 15 is 0 Å². The number of hydrogen-bond donors (Lipinski definition) is 2. The molecule has 7 nitrogen and oxygen atoms in total. The molecular weight excluding hydrogens is 378 g/mol. The molecular formula is C23H23N5O2. The summed E-state index contributed by atoms with van der Waals surface area (Å²) in [5.41, 5.74) is 9.43. The quantitative estimate of drug-likeness (QED) is 0.281. The lowest BCUT2D eigenvalue weighted by Crippen LogP contribution is -2.05. The van der Waals surface area contributed by atoms with Crippen LogP contribution < -0.4 is 5.43 Å². The first-order valence-corrected chi connectivity index (χ1v) is 9.77. The topological polar surface area (TPSA) is 84.3 Å². The van der Waals surface area contributed by atoms with E-state index in [0.29, 0.717) is 18.1 Å². The zero-order valence-electron chi connectivity index (χ0n) is 17.1. The average Bonchev–Trinajstić information content (AvgIpc) is 3.28. The number of esters is 1. The van der Waals surface area contributed by atoms with E-state index in [-0.39, 0.29) is 5.97 Å². The van der Waals surface area contributed by atoms with E-state index in [1.807, 2.05) is 50.2 Å². The molecule has 152 valence electrons. The number of ether oxygens (including phenoxy) is 1. The van der Waals surface area contributed by atoms with Crippen molar-refractivity contribution in [3.8, 4) is 5.69 Å². The molecule has 0 aliphatic heterocycles. The Bertz CT molecular complexity index is 1190. The molecule has 2 aromatic heterocycles. The zero-order valence-corrected chi connectivity index (χ0v) is 17.1. The summed E-state index contributed by atoms with van der Waals surface area (Å²) in [7, 11) is 0. The Kier molecular flexibility index (Phi) is 5.34. The number of imidazole rings is 1. The lowest BCUT2D eigenvalue weighted by molar-refractivity contribution is 0.0526. The maximum absolute atomic E-state index is 11.9. The number of aromatic nitrogens is 3. The molecule has 2 aromatic carbocycles. The number of H-pyrrole nitrogens is 1. The first-order chi connectivity index (χ1) is 14.6. The maximum atomic E-state index is 11.9. The molecule has 30 heavy (non-hydrogen) atoms. The van der Waals surface area contributed by atoms with Gasteiger partial charge in [-0.3, -0.25) is 0 Å². The summed E-state index contributed by atoms with van der Waals surface area (Å²) in [5, 5.41) is 4.33. The van der Waals surface area contributed by atoms with Crippen LogP contribution in [0, 0.1) is 13.8 Å². The Morgan fingerprint density at radius 3 is 2.70 bits per heavy atom. The fourth-order valence-corrected chi connectivity index (χ4v) is 3.45. The van der Waals surface area contributed by atoms with Crippen LogP contribution in [0.1, 0.15) is 34.2 Å². The number of nitrogens with one attached hydrogen (secondary N) is 2. The Morgan fingerprint density at radius 1 is 1.20 bits per heavy atom. The summed E-state index contributed by atoms with van der Waals surface area (Å²) in [6.45, 7) is 6.23.